The topological polar surface area (TPSA) is 0 Å². The highest BCUT2D eigenvalue weighted by Gasteiger charge is 2.20. The monoisotopic (exact) mass is 282 g/mol. The van der Waals surface area contributed by atoms with Crippen LogP contribution in [0, 0.1) is 18.7 Å². The summed E-state index contributed by atoms with van der Waals surface area (Å²) in [4.78, 5) is 0. The van der Waals surface area contributed by atoms with Gasteiger partial charge in [-0.25, -0.2) is 4.39 Å². The van der Waals surface area contributed by atoms with Gasteiger partial charge in [-0.15, -0.1) is 0 Å². The highest BCUT2D eigenvalue weighted by Crippen LogP contribution is 2.36. The largest absolute Gasteiger partial charge is 0.206 e. The zero-order valence-corrected chi connectivity index (χ0v) is 12.9. The summed E-state index contributed by atoms with van der Waals surface area (Å²) in [5, 5.41) is 0. The van der Waals surface area contributed by atoms with Crippen molar-refractivity contribution in [1.82, 2.24) is 0 Å². The van der Waals surface area contributed by atoms with E-state index in [0.29, 0.717) is 11.5 Å². The molecule has 0 amide bonds. The molecule has 1 aliphatic carbocycles. The van der Waals surface area contributed by atoms with Crippen molar-refractivity contribution < 1.29 is 4.39 Å². The SMILES string of the molecule is Cc1ccc(-c2ccc(C3CCC(C)CC3)cc2F)cc1. The Kier molecular flexibility index (Phi) is 4.10. The molecule has 21 heavy (non-hydrogen) atoms. The molecule has 1 heteroatoms. The number of hydrogen-bond acceptors (Lipinski definition) is 0. The molecule has 0 spiro atoms. The van der Waals surface area contributed by atoms with Crippen molar-refractivity contribution in [1.29, 1.82) is 0 Å². The number of benzene rings is 2. The standard InChI is InChI=1S/C20H23F/c1-14-3-7-16(8-4-14)18-11-12-19(20(21)13-18)17-9-5-15(2)6-10-17/h5-6,9-14,16H,3-4,7-8H2,1-2H3. The first-order valence-corrected chi connectivity index (χ1v) is 8.00. The van der Waals surface area contributed by atoms with Crippen LogP contribution in [0.1, 0.15) is 49.7 Å². The van der Waals surface area contributed by atoms with Gasteiger partial charge in [-0.3, -0.25) is 0 Å². The third-order valence-electron chi connectivity index (χ3n) is 4.84. The van der Waals surface area contributed by atoms with Gasteiger partial charge in [-0.05, 0) is 48.8 Å². The number of rotatable bonds is 2. The fourth-order valence-corrected chi connectivity index (χ4v) is 3.35. The van der Waals surface area contributed by atoms with Gasteiger partial charge in [0.1, 0.15) is 5.82 Å². The minimum Gasteiger partial charge on any atom is -0.206 e. The molecular formula is C20H23F. The average Bonchev–Trinajstić information content (AvgIpc) is 2.49. The third-order valence-corrected chi connectivity index (χ3v) is 4.84. The fraction of sp³-hybridized carbons (Fsp3) is 0.400. The highest BCUT2D eigenvalue weighted by atomic mass is 19.1. The first-order valence-electron chi connectivity index (χ1n) is 8.00. The maximum atomic E-state index is 14.5. The van der Waals surface area contributed by atoms with Gasteiger partial charge >= 0.3 is 0 Å². The Balaban J connectivity index is 1.84. The number of aryl methyl sites for hydroxylation is 1. The lowest BCUT2D eigenvalue weighted by Gasteiger charge is -2.26. The van der Waals surface area contributed by atoms with E-state index in [9.17, 15) is 4.39 Å². The quantitative estimate of drug-likeness (QED) is 0.624. The first kappa shape index (κ1) is 14.3. The molecule has 3 rings (SSSR count). The van der Waals surface area contributed by atoms with Crippen molar-refractivity contribution >= 4 is 0 Å². The molecule has 0 nitrogen and oxygen atoms in total. The van der Waals surface area contributed by atoms with E-state index in [0.717, 1.165) is 11.5 Å². The minimum absolute atomic E-state index is 0.0880. The smallest absolute Gasteiger partial charge is 0.131 e. The number of halogens is 1. The van der Waals surface area contributed by atoms with E-state index in [2.05, 4.69) is 13.0 Å². The molecule has 0 radical (unpaired) electrons. The van der Waals surface area contributed by atoms with E-state index in [1.54, 1.807) is 6.07 Å². The van der Waals surface area contributed by atoms with Crippen LogP contribution in [0.3, 0.4) is 0 Å². The van der Waals surface area contributed by atoms with Gasteiger partial charge in [-0.1, -0.05) is 61.7 Å². The van der Waals surface area contributed by atoms with Crippen molar-refractivity contribution in [2.75, 3.05) is 0 Å². The molecule has 110 valence electrons. The van der Waals surface area contributed by atoms with Crippen molar-refractivity contribution in [2.45, 2.75) is 45.4 Å². The molecule has 1 saturated carbocycles. The molecule has 0 N–H and O–H groups in total. The summed E-state index contributed by atoms with van der Waals surface area (Å²) in [5.74, 6) is 1.29. The van der Waals surface area contributed by atoms with E-state index < -0.39 is 0 Å². The molecule has 0 saturated heterocycles. The highest BCUT2D eigenvalue weighted by molar-refractivity contribution is 5.64. The van der Waals surface area contributed by atoms with Crippen LogP contribution in [-0.2, 0) is 0 Å². The number of hydrogen-bond donors (Lipinski definition) is 0. The molecule has 0 aliphatic heterocycles. The summed E-state index contributed by atoms with van der Waals surface area (Å²) in [6.45, 7) is 4.37. The van der Waals surface area contributed by atoms with Crippen molar-refractivity contribution in [3.8, 4) is 11.1 Å². The second-order valence-electron chi connectivity index (χ2n) is 6.56. The molecular weight excluding hydrogens is 259 g/mol. The summed E-state index contributed by atoms with van der Waals surface area (Å²) in [5.41, 5.74) is 4.05. The lowest BCUT2D eigenvalue weighted by atomic mass is 9.79. The van der Waals surface area contributed by atoms with Crippen LogP contribution < -0.4 is 0 Å². The second kappa shape index (κ2) is 6.01. The van der Waals surface area contributed by atoms with Gasteiger partial charge in [0, 0.05) is 5.56 Å². The van der Waals surface area contributed by atoms with Crippen LogP contribution in [0.2, 0.25) is 0 Å². The van der Waals surface area contributed by atoms with Gasteiger partial charge in [-0.2, -0.15) is 0 Å². The Hall–Kier alpha value is -1.63. The average molecular weight is 282 g/mol. The van der Waals surface area contributed by atoms with Gasteiger partial charge in [0.2, 0.25) is 0 Å². The van der Waals surface area contributed by atoms with Crippen LogP contribution >= 0.6 is 0 Å². The molecule has 0 aromatic heterocycles. The zero-order valence-electron chi connectivity index (χ0n) is 12.9. The Morgan fingerprint density at radius 2 is 1.57 bits per heavy atom. The maximum absolute atomic E-state index is 14.5. The Morgan fingerprint density at radius 1 is 0.905 bits per heavy atom. The summed E-state index contributed by atoms with van der Waals surface area (Å²) in [7, 11) is 0. The van der Waals surface area contributed by atoms with Gasteiger partial charge < -0.3 is 0 Å². The molecule has 2 aromatic carbocycles. The molecule has 0 bridgehead atoms. The van der Waals surface area contributed by atoms with Gasteiger partial charge in [0.25, 0.3) is 0 Å². The Morgan fingerprint density at radius 3 is 2.19 bits per heavy atom. The third kappa shape index (κ3) is 3.18. The van der Waals surface area contributed by atoms with Crippen molar-refractivity contribution in [3.05, 3.63) is 59.4 Å². The molecule has 0 atom stereocenters. The molecule has 2 aromatic rings. The predicted molar refractivity (Wildman–Crippen MR) is 86.9 cm³/mol. The maximum Gasteiger partial charge on any atom is 0.131 e. The summed E-state index contributed by atoms with van der Waals surface area (Å²) in [6, 6.07) is 13.9. The van der Waals surface area contributed by atoms with E-state index in [1.165, 1.54) is 36.8 Å². The van der Waals surface area contributed by atoms with Crippen LogP contribution in [0.5, 0.6) is 0 Å². The Bertz CT molecular complexity index is 604. The predicted octanol–water partition coefficient (Wildman–Crippen LogP) is 6.09. The zero-order chi connectivity index (χ0) is 14.8. The molecule has 0 unspecified atom stereocenters. The summed E-state index contributed by atoms with van der Waals surface area (Å²) >= 11 is 0. The van der Waals surface area contributed by atoms with Crippen LogP contribution in [-0.4, -0.2) is 0 Å². The molecule has 1 aliphatic rings. The van der Waals surface area contributed by atoms with Crippen LogP contribution in [0.15, 0.2) is 42.5 Å². The van der Waals surface area contributed by atoms with E-state index in [1.807, 2.05) is 37.3 Å². The second-order valence-corrected chi connectivity index (χ2v) is 6.56. The summed E-state index contributed by atoms with van der Waals surface area (Å²) in [6.07, 6.45) is 4.94. The molecule has 0 heterocycles. The summed E-state index contributed by atoms with van der Waals surface area (Å²) < 4.78 is 14.5. The normalized spacial score (nSPS) is 22.2. The first-order chi connectivity index (χ1) is 10.1. The van der Waals surface area contributed by atoms with Crippen molar-refractivity contribution in [2.24, 2.45) is 5.92 Å². The van der Waals surface area contributed by atoms with Crippen LogP contribution in [0.4, 0.5) is 4.39 Å². The minimum atomic E-state index is -0.0880. The lowest BCUT2D eigenvalue weighted by molar-refractivity contribution is 0.347. The fourth-order valence-electron chi connectivity index (χ4n) is 3.35. The van der Waals surface area contributed by atoms with Crippen molar-refractivity contribution in [3.63, 3.8) is 0 Å². The van der Waals surface area contributed by atoms with Crippen LogP contribution in [0.25, 0.3) is 11.1 Å². The van der Waals surface area contributed by atoms with E-state index in [-0.39, 0.29) is 5.82 Å². The Labute approximate surface area is 127 Å². The van der Waals surface area contributed by atoms with E-state index in [4.69, 9.17) is 0 Å². The van der Waals surface area contributed by atoms with E-state index >= 15 is 0 Å². The van der Waals surface area contributed by atoms with Gasteiger partial charge in [0.05, 0.1) is 0 Å². The van der Waals surface area contributed by atoms with Gasteiger partial charge in [0.15, 0.2) is 0 Å². The molecule has 1 fully saturated rings. The lowest BCUT2D eigenvalue weighted by Crippen LogP contribution is -2.11.